The molecule has 15 heavy (non-hydrogen) atoms. The second-order valence-electron chi connectivity index (χ2n) is 3.74. The van der Waals surface area contributed by atoms with Crippen LogP contribution in [0, 0.1) is 0 Å². The van der Waals surface area contributed by atoms with Crippen LogP contribution in [0.15, 0.2) is 36.4 Å². The van der Waals surface area contributed by atoms with Gasteiger partial charge in [0.05, 0.1) is 0 Å². The molecule has 0 saturated heterocycles. The van der Waals surface area contributed by atoms with Crippen molar-refractivity contribution >= 4 is 5.97 Å². The summed E-state index contributed by atoms with van der Waals surface area (Å²) in [6, 6.07) is 7.16. The Labute approximate surface area is 87.3 Å². The predicted octanol–water partition coefficient (Wildman–Crippen LogP) is 2.28. The van der Waals surface area contributed by atoms with Crippen LogP contribution in [0.2, 0.25) is 0 Å². The Kier molecular flexibility index (Phi) is 1.63. The van der Waals surface area contributed by atoms with Crippen LogP contribution in [0.3, 0.4) is 0 Å². The molecule has 0 fully saturated rings. The molecular weight excluding hydrogens is 192 g/mol. The molecule has 76 valence electrons. The van der Waals surface area contributed by atoms with Crippen molar-refractivity contribution in [1.29, 1.82) is 0 Å². The van der Waals surface area contributed by atoms with E-state index in [9.17, 15) is 4.79 Å². The van der Waals surface area contributed by atoms with E-state index in [0.717, 1.165) is 6.42 Å². The third-order valence-corrected chi connectivity index (χ3v) is 2.69. The monoisotopic (exact) mass is 202 g/mol. The van der Waals surface area contributed by atoms with Gasteiger partial charge in [0.25, 0.3) is 5.79 Å². The molecule has 1 aromatic carbocycles. The second-order valence-corrected chi connectivity index (χ2v) is 3.74. The molecule has 1 heterocycles. The van der Waals surface area contributed by atoms with Crippen LogP contribution < -0.4 is 4.74 Å². The Bertz CT molecular complexity index is 450. The van der Waals surface area contributed by atoms with Gasteiger partial charge in [0.1, 0.15) is 11.3 Å². The van der Waals surface area contributed by atoms with Crippen LogP contribution >= 0.6 is 0 Å². The minimum atomic E-state index is -0.842. The molecule has 1 atom stereocenters. The van der Waals surface area contributed by atoms with Gasteiger partial charge < -0.3 is 9.47 Å². The number of para-hydroxylation sites is 1. The molecular formula is C12H10O3. The summed E-state index contributed by atoms with van der Waals surface area (Å²) in [5, 5.41) is 0. The molecule has 0 amide bonds. The van der Waals surface area contributed by atoms with Gasteiger partial charge >= 0.3 is 5.97 Å². The minimum Gasteiger partial charge on any atom is -0.448 e. The summed E-state index contributed by atoms with van der Waals surface area (Å²) in [5.74, 6) is -0.533. The van der Waals surface area contributed by atoms with Crippen molar-refractivity contribution in [2.75, 3.05) is 0 Å². The molecule has 2 aliphatic rings. The summed E-state index contributed by atoms with van der Waals surface area (Å²) in [5.41, 5.74) is 0.503. The van der Waals surface area contributed by atoms with E-state index in [4.69, 9.17) is 9.47 Å². The standard InChI is InChI=1S/C12H10O3/c13-11-9-5-1-2-6-10(9)14-12(15-11)7-3-4-8-12/h1-3,5-7H,4,8H2. The van der Waals surface area contributed by atoms with Gasteiger partial charge in [0, 0.05) is 6.42 Å². The first kappa shape index (κ1) is 8.53. The average Bonchev–Trinajstić information content (AvgIpc) is 2.66. The number of hydrogen-bond donors (Lipinski definition) is 0. The number of ether oxygens (including phenoxy) is 2. The highest BCUT2D eigenvalue weighted by Crippen LogP contribution is 2.37. The lowest BCUT2D eigenvalue weighted by atomic mass is 10.1. The quantitative estimate of drug-likeness (QED) is 0.478. The maximum atomic E-state index is 11.7. The van der Waals surface area contributed by atoms with E-state index in [2.05, 4.69) is 0 Å². The summed E-state index contributed by atoms with van der Waals surface area (Å²) in [4.78, 5) is 11.7. The summed E-state index contributed by atoms with van der Waals surface area (Å²) in [6.07, 6.45) is 5.38. The Morgan fingerprint density at radius 3 is 2.87 bits per heavy atom. The third kappa shape index (κ3) is 1.23. The number of allylic oxidation sites excluding steroid dienone is 1. The highest BCUT2D eigenvalue weighted by atomic mass is 16.7. The average molecular weight is 202 g/mol. The van der Waals surface area contributed by atoms with Crippen LogP contribution in [-0.4, -0.2) is 11.8 Å². The summed E-state index contributed by atoms with van der Waals surface area (Å²) in [7, 11) is 0. The first-order valence-electron chi connectivity index (χ1n) is 4.98. The lowest BCUT2D eigenvalue weighted by Crippen LogP contribution is -2.41. The smallest absolute Gasteiger partial charge is 0.345 e. The van der Waals surface area contributed by atoms with Gasteiger partial charge in [-0.25, -0.2) is 4.79 Å². The van der Waals surface area contributed by atoms with Crippen LogP contribution in [0.1, 0.15) is 23.2 Å². The molecule has 0 aromatic heterocycles. The van der Waals surface area contributed by atoms with Crippen LogP contribution in [0.5, 0.6) is 5.75 Å². The van der Waals surface area contributed by atoms with E-state index >= 15 is 0 Å². The molecule has 1 aliphatic heterocycles. The Hall–Kier alpha value is -1.77. The van der Waals surface area contributed by atoms with E-state index in [0.29, 0.717) is 17.7 Å². The van der Waals surface area contributed by atoms with Gasteiger partial charge in [0.2, 0.25) is 0 Å². The molecule has 0 N–H and O–H groups in total. The number of carbonyl (C=O) groups excluding carboxylic acids is 1. The van der Waals surface area contributed by atoms with Crippen molar-refractivity contribution in [2.24, 2.45) is 0 Å². The Morgan fingerprint density at radius 2 is 2.07 bits per heavy atom. The zero-order valence-electron chi connectivity index (χ0n) is 8.10. The highest BCUT2D eigenvalue weighted by Gasteiger charge is 2.41. The molecule has 1 aromatic rings. The van der Waals surface area contributed by atoms with Crippen molar-refractivity contribution in [2.45, 2.75) is 18.6 Å². The zero-order valence-corrected chi connectivity index (χ0v) is 8.10. The fourth-order valence-corrected chi connectivity index (χ4v) is 1.94. The highest BCUT2D eigenvalue weighted by molar-refractivity contribution is 5.93. The van der Waals surface area contributed by atoms with Gasteiger partial charge in [-0.15, -0.1) is 0 Å². The zero-order chi connectivity index (χ0) is 10.3. The normalized spacial score (nSPS) is 27.3. The maximum absolute atomic E-state index is 11.7. The van der Waals surface area contributed by atoms with E-state index in [-0.39, 0.29) is 5.97 Å². The van der Waals surface area contributed by atoms with Crippen LogP contribution in [0.4, 0.5) is 0 Å². The van der Waals surface area contributed by atoms with E-state index in [1.807, 2.05) is 18.2 Å². The van der Waals surface area contributed by atoms with E-state index in [1.165, 1.54) is 0 Å². The summed E-state index contributed by atoms with van der Waals surface area (Å²) < 4.78 is 11.0. The molecule has 3 heteroatoms. The topological polar surface area (TPSA) is 35.5 Å². The molecule has 1 spiro atoms. The number of esters is 1. The van der Waals surface area contributed by atoms with Crippen molar-refractivity contribution in [3.05, 3.63) is 42.0 Å². The number of fused-ring (bicyclic) bond motifs is 1. The fourth-order valence-electron chi connectivity index (χ4n) is 1.94. The predicted molar refractivity (Wildman–Crippen MR) is 53.6 cm³/mol. The molecule has 1 aliphatic carbocycles. The van der Waals surface area contributed by atoms with Gasteiger partial charge in [-0.3, -0.25) is 0 Å². The molecule has 0 bridgehead atoms. The SMILES string of the molecule is O=C1OC2(C=CCC2)Oc2ccccc21. The van der Waals surface area contributed by atoms with Gasteiger partial charge in [0.15, 0.2) is 0 Å². The van der Waals surface area contributed by atoms with Gasteiger partial charge in [-0.1, -0.05) is 18.2 Å². The number of carbonyl (C=O) groups is 1. The van der Waals surface area contributed by atoms with Crippen LogP contribution in [0.25, 0.3) is 0 Å². The van der Waals surface area contributed by atoms with Gasteiger partial charge in [-0.2, -0.15) is 0 Å². The Morgan fingerprint density at radius 1 is 1.20 bits per heavy atom. The van der Waals surface area contributed by atoms with Crippen molar-refractivity contribution < 1.29 is 14.3 Å². The Balaban J connectivity index is 2.06. The minimum absolute atomic E-state index is 0.302. The molecule has 0 radical (unpaired) electrons. The fraction of sp³-hybridized carbons (Fsp3) is 0.250. The molecule has 0 saturated carbocycles. The third-order valence-electron chi connectivity index (χ3n) is 2.69. The second kappa shape index (κ2) is 2.86. The molecule has 3 rings (SSSR count). The van der Waals surface area contributed by atoms with Crippen molar-refractivity contribution in [1.82, 2.24) is 0 Å². The number of rotatable bonds is 0. The molecule has 3 nitrogen and oxygen atoms in total. The summed E-state index contributed by atoms with van der Waals surface area (Å²) >= 11 is 0. The number of benzene rings is 1. The maximum Gasteiger partial charge on any atom is 0.345 e. The van der Waals surface area contributed by atoms with Crippen molar-refractivity contribution in [3.63, 3.8) is 0 Å². The first-order valence-corrected chi connectivity index (χ1v) is 4.98. The first-order chi connectivity index (χ1) is 7.29. The van der Waals surface area contributed by atoms with Crippen LogP contribution in [-0.2, 0) is 4.74 Å². The summed E-state index contributed by atoms with van der Waals surface area (Å²) in [6.45, 7) is 0. The van der Waals surface area contributed by atoms with E-state index in [1.54, 1.807) is 18.2 Å². The van der Waals surface area contributed by atoms with E-state index < -0.39 is 5.79 Å². The lowest BCUT2D eigenvalue weighted by molar-refractivity contribution is -0.118. The molecule has 1 unspecified atom stereocenters. The van der Waals surface area contributed by atoms with Crippen molar-refractivity contribution in [3.8, 4) is 5.75 Å². The number of hydrogen-bond acceptors (Lipinski definition) is 3. The van der Waals surface area contributed by atoms with Gasteiger partial charge in [-0.05, 0) is 24.6 Å². The lowest BCUT2D eigenvalue weighted by Gasteiger charge is -2.33. The largest absolute Gasteiger partial charge is 0.448 e.